The highest BCUT2D eigenvalue weighted by Gasteiger charge is 2.09. The predicted octanol–water partition coefficient (Wildman–Crippen LogP) is 2.48. The fourth-order valence-corrected chi connectivity index (χ4v) is 2.64. The molecule has 0 spiro atoms. The van der Waals surface area contributed by atoms with Gasteiger partial charge in [-0.3, -0.25) is 9.89 Å². The minimum Gasteiger partial charge on any atom is -0.494 e. The molecule has 0 amide bonds. The summed E-state index contributed by atoms with van der Waals surface area (Å²) in [5, 5.41) is 6.73. The van der Waals surface area contributed by atoms with Crippen LogP contribution in [-0.2, 0) is 11.3 Å². The van der Waals surface area contributed by atoms with Crippen molar-refractivity contribution in [1.29, 1.82) is 0 Å². The summed E-state index contributed by atoms with van der Waals surface area (Å²) in [5.41, 5.74) is 1.19. The number of nitrogens with one attached hydrogen (secondary N) is 2. The molecule has 1 saturated heterocycles. The van der Waals surface area contributed by atoms with Crippen LogP contribution in [-0.4, -0.2) is 63.9 Å². The predicted molar refractivity (Wildman–Crippen MR) is 118 cm³/mol. The average molecular weight is 476 g/mol. The van der Waals surface area contributed by atoms with Crippen LogP contribution >= 0.6 is 24.0 Å². The second-order valence-corrected chi connectivity index (χ2v) is 6.16. The highest BCUT2D eigenvalue weighted by molar-refractivity contribution is 14.0. The lowest BCUT2D eigenvalue weighted by atomic mass is 10.2. The van der Waals surface area contributed by atoms with Crippen LogP contribution < -0.4 is 15.4 Å². The Balaban J connectivity index is 0.00000338. The molecule has 1 fully saturated rings. The van der Waals surface area contributed by atoms with Gasteiger partial charge in [-0.2, -0.15) is 0 Å². The highest BCUT2D eigenvalue weighted by Crippen LogP contribution is 2.13. The molecular formula is C19H33IN4O2. The molecule has 1 aromatic rings. The molecule has 1 heterocycles. The molecule has 0 radical (unpaired) electrons. The fraction of sp³-hybridized carbons (Fsp3) is 0.632. The summed E-state index contributed by atoms with van der Waals surface area (Å²) < 4.78 is 11.1. The molecule has 1 aromatic carbocycles. The van der Waals surface area contributed by atoms with Crippen LogP contribution in [0, 0.1) is 0 Å². The summed E-state index contributed by atoms with van der Waals surface area (Å²) in [7, 11) is 1.80. The van der Waals surface area contributed by atoms with Crippen molar-refractivity contribution < 1.29 is 9.47 Å². The number of benzene rings is 1. The van der Waals surface area contributed by atoms with Gasteiger partial charge in [0, 0.05) is 39.8 Å². The van der Waals surface area contributed by atoms with Crippen molar-refractivity contribution in [2.45, 2.75) is 26.3 Å². The lowest BCUT2D eigenvalue weighted by molar-refractivity contribution is 0.0389. The van der Waals surface area contributed by atoms with E-state index in [1.54, 1.807) is 7.05 Å². The van der Waals surface area contributed by atoms with Gasteiger partial charge < -0.3 is 20.1 Å². The molecule has 0 saturated carbocycles. The van der Waals surface area contributed by atoms with Gasteiger partial charge in [-0.1, -0.05) is 25.5 Å². The van der Waals surface area contributed by atoms with E-state index < -0.39 is 0 Å². The minimum atomic E-state index is 0. The third kappa shape index (κ3) is 9.05. The van der Waals surface area contributed by atoms with Crippen LogP contribution in [0.2, 0.25) is 0 Å². The number of hydrogen-bond acceptors (Lipinski definition) is 4. The number of guanidine groups is 1. The number of morpholine rings is 1. The maximum atomic E-state index is 5.76. The Bertz CT molecular complexity index is 522. The third-order valence-corrected chi connectivity index (χ3v) is 4.17. The van der Waals surface area contributed by atoms with Gasteiger partial charge in [-0.15, -0.1) is 24.0 Å². The topological polar surface area (TPSA) is 58.1 Å². The van der Waals surface area contributed by atoms with E-state index in [1.807, 2.05) is 12.1 Å². The normalized spacial score (nSPS) is 15.2. The second-order valence-electron chi connectivity index (χ2n) is 6.16. The Morgan fingerprint density at radius 2 is 2.08 bits per heavy atom. The van der Waals surface area contributed by atoms with Crippen molar-refractivity contribution in [2.24, 2.45) is 4.99 Å². The highest BCUT2D eigenvalue weighted by atomic mass is 127. The molecule has 26 heavy (non-hydrogen) atoms. The molecule has 1 aliphatic rings. The molecule has 148 valence electrons. The summed E-state index contributed by atoms with van der Waals surface area (Å²) in [6.07, 6.45) is 2.23. The van der Waals surface area contributed by atoms with E-state index in [0.29, 0.717) is 0 Å². The fourth-order valence-electron chi connectivity index (χ4n) is 2.64. The van der Waals surface area contributed by atoms with Gasteiger partial charge in [0.15, 0.2) is 5.96 Å². The van der Waals surface area contributed by atoms with E-state index in [2.05, 4.69) is 39.6 Å². The van der Waals surface area contributed by atoms with Gasteiger partial charge in [0.25, 0.3) is 0 Å². The van der Waals surface area contributed by atoms with Gasteiger partial charge in [0.05, 0.1) is 19.8 Å². The summed E-state index contributed by atoms with van der Waals surface area (Å²) in [5.74, 6) is 1.76. The standard InChI is InChI=1S/C19H32N4O2.HI/c1-3-4-12-25-18-7-5-6-17(15-18)16-22-19(20-2)21-8-9-23-10-13-24-14-11-23;/h5-7,15H,3-4,8-14,16H2,1-2H3,(H2,20,21,22);1H. The molecular weight excluding hydrogens is 443 g/mol. The molecule has 2 N–H and O–H groups in total. The second kappa shape index (κ2) is 14.1. The van der Waals surface area contributed by atoms with Gasteiger partial charge in [-0.05, 0) is 24.1 Å². The van der Waals surface area contributed by atoms with Crippen LogP contribution in [0.4, 0.5) is 0 Å². The van der Waals surface area contributed by atoms with Crippen molar-refractivity contribution in [2.75, 3.05) is 53.0 Å². The first-order valence-electron chi connectivity index (χ1n) is 9.28. The SMILES string of the molecule is CCCCOc1cccc(CNC(=NC)NCCN2CCOCC2)c1.I. The van der Waals surface area contributed by atoms with Crippen LogP contribution in [0.15, 0.2) is 29.3 Å². The molecule has 0 unspecified atom stereocenters. The zero-order valence-electron chi connectivity index (χ0n) is 16.0. The molecule has 0 atom stereocenters. The number of ether oxygens (including phenoxy) is 2. The van der Waals surface area contributed by atoms with Gasteiger partial charge in [0.2, 0.25) is 0 Å². The number of nitrogens with zero attached hydrogens (tertiary/aromatic N) is 2. The van der Waals surface area contributed by atoms with E-state index in [9.17, 15) is 0 Å². The zero-order chi connectivity index (χ0) is 17.7. The molecule has 0 bridgehead atoms. The van der Waals surface area contributed by atoms with Crippen molar-refractivity contribution in [3.05, 3.63) is 29.8 Å². The Labute approximate surface area is 174 Å². The Kier molecular flexibility index (Phi) is 12.4. The largest absolute Gasteiger partial charge is 0.494 e. The van der Waals surface area contributed by atoms with Crippen molar-refractivity contribution in [3.8, 4) is 5.75 Å². The van der Waals surface area contributed by atoms with E-state index in [4.69, 9.17) is 9.47 Å². The number of unbranched alkanes of at least 4 members (excludes halogenated alkanes) is 1. The van der Waals surface area contributed by atoms with E-state index in [1.165, 1.54) is 5.56 Å². The van der Waals surface area contributed by atoms with E-state index >= 15 is 0 Å². The van der Waals surface area contributed by atoms with Gasteiger partial charge >= 0.3 is 0 Å². The van der Waals surface area contributed by atoms with E-state index in [-0.39, 0.29) is 24.0 Å². The minimum absolute atomic E-state index is 0. The number of rotatable bonds is 9. The average Bonchev–Trinajstić information content (AvgIpc) is 2.66. The first-order chi connectivity index (χ1) is 12.3. The van der Waals surface area contributed by atoms with Crippen LogP contribution in [0.1, 0.15) is 25.3 Å². The van der Waals surface area contributed by atoms with Crippen LogP contribution in [0.5, 0.6) is 5.75 Å². The maximum absolute atomic E-state index is 5.76. The molecule has 6 nitrogen and oxygen atoms in total. The third-order valence-electron chi connectivity index (χ3n) is 4.17. The van der Waals surface area contributed by atoms with Crippen molar-refractivity contribution in [1.82, 2.24) is 15.5 Å². The Morgan fingerprint density at radius 3 is 2.81 bits per heavy atom. The molecule has 7 heteroatoms. The lowest BCUT2D eigenvalue weighted by Crippen LogP contribution is -2.44. The number of halogens is 1. The maximum Gasteiger partial charge on any atom is 0.191 e. The van der Waals surface area contributed by atoms with Gasteiger partial charge in [-0.25, -0.2) is 0 Å². The Morgan fingerprint density at radius 1 is 1.27 bits per heavy atom. The molecule has 2 rings (SSSR count). The first kappa shape index (κ1) is 23.0. The number of hydrogen-bond donors (Lipinski definition) is 2. The lowest BCUT2D eigenvalue weighted by Gasteiger charge is -2.26. The summed E-state index contributed by atoms with van der Waals surface area (Å²) in [4.78, 5) is 6.69. The van der Waals surface area contributed by atoms with Crippen molar-refractivity contribution >= 4 is 29.9 Å². The van der Waals surface area contributed by atoms with Crippen molar-refractivity contribution in [3.63, 3.8) is 0 Å². The summed E-state index contributed by atoms with van der Waals surface area (Å²) in [6, 6.07) is 8.23. The van der Waals surface area contributed by atoms with Crippen LogP contribution in [0.3, 0.4) is 0 Å². The molecule has 1 aliphatic heterocycles. The quantitative estimate of drug-likeness (QED) is 0.248. The van der Waals surface area contributed by atoms with E-state index in [0.717, 1.165) is 77.1 Å². The summed E-state index contributed by atoms with van der Waals surface area (Å²) >= 11 is 0. The molecule has 0 aromatic heterocycles. The van der Waals surface area contributed by atoms with Crippen LogP contribution in [0.25, 0.3) is 0 Å². The monoisotopic (exact) mass is 476 g/mol. The Hall–Kier alpha value is -1.06. The smallest absolute Gasteiger partial charge is 0.191 e. The number of aliphatic imine (C=N–C) groups is 1. The first-order valence-corrected chi connectivity index (χ1v) is 9.28. The molecule has 0 aliphatic carbocycles. The summed E-state index contributed by atoms with van der Waals surface area (Å²) in [6.45, 7) is 9.25. The van der Waals surface area contributed by atoms with Gasteiger partial charge in [0.1, 0.15) is 5.75 Å². The zero-order valence-corrected chi connectivity index (χ0v) is 18.3.